The summed E-state index contributed by atoms with van der Waals surface area (Å²) in [6, 6.07) is 0.308. The molecule has 0 spiro atoms. The predicted molar refractivity (Wildman–Crippen MR) is 62.2 cm³/mol. The van der Waals surface area contributed by atoms with Crippen molar-refractivity contribution in [1.29, 1.82) is 0 Å². The van der Waals surface area contributed by atoms with Gasteiger partial charge in [0.25, 0.3) is 0 Å². The molecule has 1 aliphatic rings. The third kappa shape index (κ3) is 3.42. The first-order valence-electron chi connectivity index (χ1n) is 5.45. The molecule has 3 unspecified atom stereocenters. The van der Waals surface area contributed by atoms with Crippen LogP contribution in [0.1, 0.15) is 26.7 Å². The summed E-state index contributed by atoms with van der Waals surface area (Å²) in [6.45, 7) is 5.32. The lowest BCUT2D eigenvalue weighted by Gasteiger charge is -2.33. The van der Waals surface area contributed by atoms with Crippen LogP contribution in [0.5, 0.6) is 0 Å². The Labute approximate surface area is 91.1 Å². The highest BCUT2D eigenvalue weighted by molar-refractivity contribution is 7.99. The fraction of sp³-hybridized carbons (Fsp3) is 1.00. The third-order valence-corrected chi connectivity index (χ3v) is 3.81. The summed E-state index contributed by atoms with van der Waals surface area (Å²) < 4.78 is 5.74. The second kappa shape index (κ2) is 6.67. The molecular formula is C10H22N2OS. The van der Waals surface area contributed by atoms with E-state index in [2.05, 4.69) is 19.3 Å². The van der Waals surface area contributed by atoms with Gasteiger partial charge in [-0.1, -0.05) is 20.3 Å². The first-order chi connectivity index (χ1) is 6.79. The summed E-state index contributed by atoms with van der Waals surface area (Å²) in [5, 5.41) is 0. The summed E-state index contributed by atoms with van der Waals surface area (Å²) in [4.78, 5) is 0. The number of rotatable bonds is 5. The minimum Gasteiger partial charge on any atom is -0.375 e. The molecule has 0 amide bonds. The monoisotopic (exact) mass is 218 g/mol. The van der Waals surface area contributed by atoms with Crippen molar-refractivity contribution in [3.05, 3.63) is 0 Å². The molecule has 84 valence electrons. The van der Waals surface area contributed by atoms with Gasteiger partial charge in [-0.2, -0.15) is 11.8 Å². The number of hydrogen-bond acceptors (Lipinski definition) is 4. The normalized spacial score (nSPS) is 27.2. The van der Waals surface area contributed by atoms with Gasteiger partial charge in [0.2, 0.25) is 0 Å². The maximum Gasteiger partial charge on any atom is 0.0834 e. The van der Waals surface area contributed by atoms with Crippen LogP contribution in [0.3, 0.4) is 0 Å². The summed E-state index contributed by atoms with van der Waals surface area (Å²) in [5.74, 6) is 8.38. The Morgan fingerprint density at radius 1 is 1.64 bits per heavy atom. The van der Waals surface area contributed by atoms with Gasteiger partial charge in [-0.3, -0.25) is 11.3 Å². The van der Waals surface area contributed by atoms with E-state index in [-0.39, 0.29) is 0 Å². The highest BCUT2D eigenvalue weighted by Crippen LogP contribution is 2.21. The van der Waals surface area contributed by atoms with Gasteiger partial charge in [0.15, 0.2) is 0 Å². The molecule has 0 aromatic carbocycles. The van der Waals surface area contributed by atoms with Gasteiger partial charge in [-0.05, 0) is 12.3 Å². The quantitative estimate of drug-likeness (QED) is 0.541. The van der Waals surface area contributed by atoms with Crippen LogP contribution in [-0.4, -0.2) is 30.3 Å². The predicted octanol–water partition coefficient (Wildman–Crippen LogP) is 1.39. The number of thioether (sulfide) groups is 1. The molecular weight excluding hydrogens is 196 g/mol. The van der Waals surface area contributed by atoms with Gasteiger partial charge in [-0.15, -0.1) is 0 Å². The van der Waals surface area contributed by atoms with Crippen molar-refractivity contribution in [3.63, 3.8) is 0 Å². The Balaban J connectivity index is 2.41. The Morgan fingerprint density at radius 2 is 2.43 bits per heavy atom. The molecule has 0 aromatic rings. The molecule has 0 radical (unpaired) electrons. The van der Waals surface area contributed by atoms with Crippen molar-refractivity contribution in [2.75, 3.05) is 18.1 Å². The standard InChI is InChI=1S/C10H22N2OS/c1-3-4-8(2)10(12-11)9-7-14-6-5-13-9/h8-10,12H,3-7,11H2,1-2H3. The van der Waals surface area contributed by atoms with Crippen molar-refractivity contribution in [2.45, 2.75) is 38.8 Å². The lowest BCUT2D eigenvalue weighted by Crippen LogP contribution is -2.51. The van der Waals surface area contributed by atoms with Crippen LogP contribution in [0.15, 0.2) is 0 Å². The smallest absolute Gasteiger partial charge is 0.0834 e. The van der Waals surface area contributed by atoms with Crippen molar-refractivity contribution in [1.82, 2.24) is 5.43 Å². The average Bonchev–Trinajstić information content (AvgIpc) is 2.21. The third-order valence-electron chi connectivity index (χ3n) is 2.79. The Hall–Kier alpha value is 0.230. The van der Waals surface area contributed by atoms with Crippen LogP contribution in [0.4, 0.5) is 0 Å². The number of hydrogen-bond donors (Lipinski definition) is 2. The summed E-state index contributed by atoms with van der Waals surface area (Å²) in [6.07, 6.45) is 2.71. The lowest BCUT2D eigenvalue weighted by molar-refractivity contribution is 0.0307. The molecule has 4 heteroatoms. The molecule has 0 aromatic heterocycles. The van der Waals surface area contributed by atoms with Crippen LogP contribution < -0.4 is 11.3 Å². The Morgan fingerprint density at radius 3 is 2.93 bits per heavy atom. The van der Waals surface area contributed by atoms with E-state index in [1.807, 2.05) is 11.8 Å². The maximum atomic E-state index is 5.74. The topological polar surface area (TPSA) is 47.3 Å². The average molecular weight is 218 g/mol. The molecule has 3 N–H and O–H groups in total. The van der Waals surface area contributed by atoms with Gasteiger partial charge in [0.1, 0.15) is 0 Å². The Kier molecular flexibility index (Phi) is 5.86. The lowest BCUT2D eigenvalue weighted by atomic mass is 9.93. The zero-order valence-corrected chi connectivity index (χ0v) is 9.98. The largest absolute Gasteiger partial charge is 0.375 e. The van der Waals surface area contributed by atoms with E-state index in [1.165, 1.54) is 12.8 Å². The van der Waals surface area contributed by atoms with Gasteiger partial charge in [-0.25, -0.2) is 0 Å². The highest BCUT2D eigenvalue weighted by Gasteiger charge is 2.27. The first-order valence-corrected chi connectivity index (χ1v) is 6.60. The molecule has 0 bridgehead atoms. The zero-order chi connectivity index (χ0) is 10.4. The van der Waals surface area contributed by atoms with Crippen molar-refractivity contribution in [2.24, 2.45) is 11.8 Å². The minimum atomic E-state index is 0.292. The first kappa shape index (κ1) is 12.3. The Bertz CT molecular complexity index is 151. The fourth-order valence-corrected chi connectivity index (χ4v) is 2.90. The molecule has 1 heterocycles. The van der Waals surface area contributed by atoms with Crippen molar-refractivity contribution in [3.8, 4) is 0 Å². The van der Waals surface area contributed by atoms with Crippen molar-refractivity contribution < 1.29 is 4.74 Å². The zero-order valence-electron chi connectivity index (χ0n) is 9.16. The molecule has 1 aliphatic heterocycles. The minimum absolute atomic E-state index is 0.292. The second-order valence-electron chi connectivity index (χ2n) is 3.94. The van der Waals surface area contributed by atoms with E-state index in [4.69, 9.17) is 10.6 Å². The highest BCUT2D eigenvalue weighted by atomic mass is 32.2. The molecule has 0 saturated carbocycles. The van der Waals surface area contributed by atoms with E-state index in [9.17, 15) is 0 Å². The number of nitrogens with one attached hydrogen (secondary N) is 1. The number of ether oxygens (including phenoxy) is 1. The molecule has 1 saturated heterocycles. The van der Waals surface area contributed by atoms with Crippen LogP contribution >= 0.6 is 11.8 Å². The molecule has 3 atom stereocenters. The number of nitrogens with two attached hydrogens (primary N) is 1. The van der Waals surface area contributed by atoms with E-state index in [0.717, 1.165) is 18.1 Å². The summed E-state index contributed by atoms with van der Waals surface area (Å²) in [5.41, 5.74) is 2.92. The van der Waals surface area contributed by atoms with Gasteiger partial charge in [0.05, 0.1) is 18.8 Å². The van der Waals surface area contributed by atoms with E-state index in [0.29, 0.717) is 18.1 Å². The molecule has 1 rings (SSSR count). The van der Waals surface area contributed by atoms with Gasteiger partial charge in [0, 0.05) is 11.5 Å². The van der Waals surface area contributed by atoms with E-state index >= 15 is 0 Å². The van der Waals surface area contributed by atoms with Crippen LogP contribution in [-0.2, 0) is 4.74 Å². The van der Waals surface area contributed by atoms with Gasteiger partial charge >= 0.3 is 0 Å². The van der Waals surface area contributed by atoms with Crippen molar-refractivity contribution >= 4 is 11.8 Å². The van der Waals surface area contributed by atoms with E-state index < -0.39 is 0 Å². The molecule has 14 heavy (non-hydrogen) atoms. The maximum absolute atomic E-state index is 5.74. The van der Waals surface area contributed by atoms with Crippen LogP contribution in [0.25, 0.3) is 0 Å². The SMILES string of the molecule is CCCC(C)C(NN)C1CSCCO1. The van der Waals surface area contributed by atoms with Gasteiger partial charge < -0.3 is 4.74 Å². The fourth-order valence-electron chi connectivity index (χ4n) is 1.99. The second-order valence-corrected chi connectivity index (χ2v) is 5.09. The summed E-state index contributed by atoms with van der Waals surface area (Å²) >= 11 is 1.96. The molecule has 0 aliphatic carbocycles. The van der Waals surface area contributed by atoms with E-state index in [1.54, 1.807) is 0 Å². The van der Waals surface area contributed by atoms with Crippen LogP contribution in [0, 0.1) is 5.92 Å². The van der Waals surface area contributed by atoms with Crippen LogP contribution in [0.2, 0.25) is 0 Å². The molecule has 1 fully saturated rings. The summed E-state index contributed by atoms with van der Waals surface area (Å²) in [7, 11) is 0. The molecule has 3 nitrogen and oxygen atoms in total. The number of hydrazine groups is 1.